The lowest BCUT2D eigenvalue weighted by molar-refractivity contribution is 0.0533. The molecule has 3 heteroatoms. The van der Waals surface area contributed by atoms with E-state index < -0.39 is 0 Å². The lowest BCUT2D eigenvalue weighted by atomic mass is 9.92. The summed E-state index contributed by atoms with van der Waals surface area (Å²) in [6.07, 6.45) is 8.00. The van der Waals surface area contributed by atoms with Gasteiger partial charge in [-0.05, 0) is 38.0 Å². The summed E-state index contributed by atoms with van der Waals surface area (Å²) in [4.78, 5) is 2.69. The minimum absolute atomic E-state index is 0.292. The number of hydrogen-bond acceptors (Lipinski definition) is 3. The third-order valence-corrected chi connectivity index (χ3v) is 4.78. The molecule has 2 atom stereocenters. The standard InChI is InChI=1S/C14H28N2O/c1-3-12-6-7-14(10-12,11-15)16(8-9-17-2)13-4-5-13/h12-13H,3-11,15H2,1-2H3. The van der Waals surface area contributed by atoms with Gasteiger partial charge in [0.05, 0.1) is 6.61 Å². The first-order valence-corrected chi connectivity index (χ1v) is 7.21. The van der Waals surface area contributed by atoms with Crippen LogP contribution in [0.5, 0.6) is 0 Å². The van der Waals surface area contributed by atoms with Crippen LogP contribution in [0.15, 0.2) is 0 Å². The monoisotopic (exact) mass is 240 g/mol. The maximum Gasteiger partial charge on any atom is 0.0590 e. The summed E-state index contributed by atoms with van der Waals surface area (Å²) in [5.41, 5.74) is 6.43. The van der Waals surface area contributed by atoms with E-state index in [4.69, 9.17) is 10.5 Å². The lowest BCUT2D eigenvalue weighted by Gasteiger charge is -2.41. The number of hydrogen-bond donors (Lipinski definition) is 1. The molecule has 2 N–H and O–H groups in total. The van der Waals surface area contributed by atoms with Crippen LogP contribution in [0.2, 0.25) is 0 Å². The zero-order chi connectivity index (χ0) is 12.3. The van der Waals surface area contributed by atoms with Crippen molar-refractivity contribution in [1.82, 2.24) is 4.90 Å². The molecule has 2 rings (SSSR count). The normalized spacial score (nSPS) is 33.5. The molecule has 0 aromatic carbocycles. The van der Waals surface area contributed by atoms with Gasteiger partial charge in [-0.1, -0.05) is 13.3 Å². The van der Waals surface area contributed by atoms with Crippen molar-refractivity contribution in [3.05, 3.63) is 0 Å². The molecular formula is C14H28N2O. The topological polar surface area (TPSA) is 38.5 Å². The van der Waals surface area contributed by atoms with Gasteiger partial charge in [-0.25, -0.2) is 0 Å². The maximum atomic E-state index is 6.14. The second kappa shape index (κ2) is 5.68. The molecular weight excluding hydrogens is 212 g/mol. The Hall–Kier alpha value is -0.120. The molecule has 0 radical (unpaired) electrons. The molecule has 2 fully saturated rings. The first kappa shape index (κ1) is 13.3. The van der Waals surface area contributed by atoms with E-state index in [1.165, 1.54) is 38.5 Å². The van der Waals surface area contributed by atoms with Crippen LogP contribution < -0.4 is 5.73 Å². The highest BCUT2D eigenvalue weighted by molar-refractivity contribution is 5.03. The van der Waals surface area contributed by atoms with Gasteiger partial charge in [0.15, 0.2) is 0 Å². The van der Waals surface area contributed by atoms with E-state index in [1.54, 1.807) is 7.11 Å². The van der Waals surface area contributed by atoms with E-state index in [-0.39, 0.29) is 0 Å². The fourth-order valence-electron chi connectivity index (χ4n) is 3.51. The van der Waals surface area contributed by atoms with Gasteiger partial charge in [0.25, 0.3) is 0 Å². The molecule has 0 saturated heterocycles. The zero-order valence-corrected chi connectivity index (χ0v) is 11.5. The van der Waals surface area contributed by atoms with E-state index >= 15 is 0 Å². The first-order valence-electron chi connectivity index (χ1n) is 7.21. The highest BCUT2D eigenvalue weighted by Crippen LogP contribution is 2.44. The second-order valence-electron chi connectivity index (χ2n) is 5.86. The molecule has 2 aliphatic carbocycles. The number of methoxy groups -OCH3 is 1. The van der Waals surface area contributed by atoms with Crippen molar-refractivity contribution in [3.63, 3.8) is 0 Å². The largest absolute Gasteiger partial charge is 0.383 e. The summed E-state index contributed by atoms with van der Waals surface area (Å²) in [6, 6.07) is 0.796. The van der Waals surface area contributed by atoms with Crippen molar-refractivity contribution < 1.29 is 4.74 Å². The Balaban J connectivity index is 2.03. The van der Waals surface area contributed by atoms with Gasteiger partial charge in [0.1, 0.15) is 0 Å². The van der Waals surface area contributed by atoms with Gasteiger partial charge < -0.3 is 10.5 Å². The molecule has 0 heterocycles. The summed E-state index contributed by atoms with van der Waals surface area (Å²) in [5.74, 6) is 0.891. The fourth-order valence-corrected chi connectivity index (χ4v) is 3.51. The van der Waals surface area contributed by atoms with Gasteiger partial charge in [0, 0.05) is 31.8 Å². The molecule has 0 aromatic heterocycles. The minimum atomic E-state index is 0.292. The number of ether oxygens (including phenoxy) is 1. The molecule has 0 aromatic rings. The Morgan fingerprint density at radius 3 is 2.59 bits per heavy atom. The van der Waals surface area contributed by atoms with Gasteiger partial charge in [0.2, 0.25) is 0 Å². The van der Waals surface area contributed by atoms with Crippen LogP contribution in [-0.4, -0.2) is 43.3 Å². The molecule has 17 heavy (non-hydrogen) atoms. The molecule has 100 valence electrons. The van der Waals surface area contributed by atoms with Crippen molar-refractivity contribution in [2.75, 3.05) is 26.8 Å². The summed E-state index contributed by atoms with van der Waals surface area (Å²) >= 11 is 0. The Morgan fingerprint density at radius 2 is 2.12 bits per heavy atom. The van der Waals surface area contributed by atoms with Crippen molar-refractivity contribution >= 4 is 0 Å². The highest BCUT2D eigenvalue weighted by atomic mass is 16.5. The first-order chi connectivity index (χ1) is 8.25. The van der Waals surface area contributed by atoms with E-state index in [0.717, 1.165) is 31.7 Å². The number of nitrogens with two attached hydrogens (primary N) is 1. The molecule has 2 aliphatic rings. The predicted molar refractivity (Wildman–Crippen MR) is 71.0 cm³/mol. The molecule has 0 spiro atoms. The van der Waals surface area contributed by atoms with Gasteiger partial charge >= 0.3 is 0 Å². The Labute approximate surface area is 106 Å². The van der Waals surface area contributed by atoms with Crippen LogP contribution >= 0.6 is 0 Å². The molecule has 3 nitrogen and oxygen atoms in total. The quantitative estimate of drug-likeness (QED) is 0.740. The summed E-state index contributed by atoms with van der Waals surface area (Å²) < 4.78 is 5.27. The summed E-state index contributed by atoms with van der Waals surface area (Å²) in [5, 5.41) is 0. The maximum absolute atomic E-state index is 6.14. The summed E-state index contributed by atoms with van der Waals surface area (Å²) in [7, 11) is 1.80. The zero-order valence-electron chi connectivity index (χ0n) is 11.5. The van der Waals surface area contributed by atoms with E-state index in [1.807, 2.05) is 0 Å². The van der Waals surface area contributed by atoms with Crippen LogP contribution in [0.4, 0.5) is 0 Å². The third-order valence-electron chi connectivity index (χ3n) is 4.78. The van der Waals surface area contributed by atoms with E-state index in [2.05, 4.69) is 11.8 Å². The number of nitrogens with zero attached hydrogens (tertiary/aromatic N) is 1. The second-order valence-corrected chi connectivity index (χ2v) is 5.86. The molecule has 0 aliphatic heterocycles. The average Bonchev–Trinajstić information content (AvgIpc) is 3.09. The number of rotatable bonds is 7. The SMILES string of the molecule is CCC1CCC(CN)(N(CCOC)C2CC2)C1. The molecule has 0 bridgehead atoms. The highest BCUT2D eigenvalue weighted by Gasteiger charge is 2.47. The van der Waals surface area contributed by atoms with Gasteiger partial charge in [-0.2, -0.15) is 0 Å². The van der Waals surface area contributed by atoms with Gasteiger partial charge in [-0.15, -0.1) is 0 Å². The van der Waals surface area contributed by atoms with Crippen LogP contribution in [0.25, 0.3) is 0 Å². The molecule has 0 amide bonds. The van der Waals surface area contributed by atoms with Crippen molar-refractivity contribution in [2.45, 2.75) is 57.0 Å². The lowest BCUT2D eigenvalue weighted by Crippen LogP contribution is -2.54. The van der Waals surface area contributed by atoms with Crippen molar-refractivity contribution in [1.29, 1.82) is 0 Å². The van der Waals surface area contributed by atoms with Crippen LogP contribution in [0.1, 0.15) is 45.4 Å². The van der Waals surface area contributed by atoms with Crippen LogP contribution in [0.3, 0.4) is 0 Å². The van der Waals surface area contributed by atoms with E-state index in [9.17, 15) is 0 Å². The van der Waals surface area contributed by atoms with Gasteiger partial charge in [-0.3, -0.25) is 4.90 Å². The molecule has 2 saturated carbocycles. The van der Waals surface area contributed by atoms with Crippen LogP contribution in [0, 0.1) is 5.92 Å². The summed E-state index contributed by atoms with van der Waals surface area (Å²) in [6.45, 7) is 5.04. The Morgan fingerprint density at radius 1 is 1.35 bits per heavy atom. The third kappa shape index (κ3) is 2.83. The molecule has 2 unspecified atom stereocenters. The predicted octanol–water partition coefficient (Wildman–Crippen LogP) is 2.00. The fraction of sp³-hybridized carbons (Fsp3) is 1.00. The van der Waals surface area contributed by atoms with Crippen molar-refractivity contribution in [3.8, 4) is 0 Å². The van der Waals surface area contributed by atoms with Crippen molar-refractivity contribution in [2.24, 2.45) is 11.7 Å². The Kier molecular flexibility index (Phi) is 4.45. The van der Waals surface area contributed by atoms with Crippen LogP contribution in [-0.2, 0) is 4.74 Å². The minimum Gasteiger partial charge on any atom is -0.383 e. The smallest absolute Gasteiger partial charge is 0.0590 e. The van der Waals surface area contributed by atoms with E-state index in [0.29, 0.717) is 5.54 Å². The average molecular weight is 240 g/mol. The Bertz CT molecular complexity index is 242.